The van der Waals surface area contributed by atoms with Gasteiger partial charge in [-0.1, -0.05) is 15.9 Å². The Morgan fingerprint density at radius 2 is 1.57 bits per heavy atom. The van der Waals surface area contributed by atoms with E-state index in [1.165, 1.54) is 0 Å². The van der Waals surface area contributed by atoms with Crippen LogP contribution in [0.3, 0.4) is 0 Å². The van der Waals surface area contributed by atoms with Crippen LogP contribution >= 0.6 is 15.9 Å². The fraction of sp³-hybridized carbons (Fsp3) is 1.00. The smallest absolute Gasteiger partial charge is 0.159 e. The van der Waals surface area contributed by atoms with Crippen LogP contribution < -0.4 is 5.48 Å². The molecule has 0 saturated carbocycles. The summed E-state index contributed by atoms with van der Waals surface area (Å²) in [5, 5.41) is 29.7. The number of hydrogen-bond acceptors (Lipinski definition) is 8. The molecule has 5 atom stereocenters. The lowest BCUT2D eigenvalue weighted by molar-refractivity contribution is -0.252. The summed E-state index contributed by atoms with van der Waals surface area (Å²) in [4.78, 5) is 5.10. The first kappa shape index (κ1) is 19.2. The molecule has 0 spiro atoms. The van der Waals surface area contributed by atoms with Crippen molar-refractivity contribution in [3.63, 3.8) is 0 Å². The molecular formula is C12H24BrNO7. The predicted octanol–water partition coefficient (Wildman–Crippen LogP) is -1.24. The number of aliphatic hydroxyl groups is 3. The number of ether oxygens (including phenoxy) is 3. The molecule has 1 rings (SSSR count). The van der Waals surface area contributed by atoms with E-state index in [9.17, 15) is 15.3 Å². The molecule has 0 aromatic rings. The van der Waals surface area contributed by atoms with Crippen LogP contribution in [-0.4, -0.2) is 84.3 Å². The van der Waals surface area contributed by atoms with E-state index in [-0.39, 0.29) is 6.61 Å². The molecule has 0 aliphatic carbocycles. The second-order valence-electron chi connectivity index (χ2n) is 4.61. The Kier molecular flexibility index (Phi) is 9.89. The third kappa shape index (κ3) is 6.85. The normalized spacial score (nSPS) is 33.3. The molecule has 0 aromatic heterocycles. The van der Waals surface area contributed by atoms with E-state index in [0.29, 0.717) is 26.4 Å². The quantitative estimate of drug-likeness (QED) is 0.214. The minimum atomic E-state index is -1.28. The number of alkyl halides is 1. The Labute approximate surface area is 132 Å². The summed E-state index contributed by atoms with van der Waals surface area (Å²) in [6, 6.07) is 0. The molecule has 0 bridgehead atoms. The third-order valence-corrected chi connectivity index (χ3v) is 3.30. The lowest BCUT2D eigenvalue weighted by Gasteiger charge is -2.39. The molecule has 9 heteroatoms. The van der Waals surface area contributed by atoms with Gasteiger partial charge in [-0.25, -0.2) is 0 Å². The SMILES string of the molecule is CC1O[C@@H](NOCCOCCOCCBr)C(O)C(O)[C@@H]1O. The van der Waals surface area contributed by atoms with Crippen LogP contribution in [0, 0.1) is 0 Å². The van der Waals surface area contributed by atoms with Crippen LogP contribution in [0.4, 0.5) is 0 Å². The van der Waals surface area contributed by atoms with Crippen molar-refractivity contribution in [1.29, 1.82) is 0 Å². The summed E-state index contributed by atoms with van der Waals surface area (Å²) in [7, 11) is 0. The van der Waals surface area contributed by atoms with E-state index in [0.717, 1.165) is 5.33 Å². The highest BCUT2D eigenvalue weighted by atomic mass is 79.9. The average molecular weight is 374 g/mol. The van der Waals surface area contributed by atoms with E-state index in [1.807, 2.05) is 0 Å². The highest BCUT2D eigenvalue weighted by molar-refractivity contribution is 9.09. The molecule has 1 saturated heterocycles. The lowest BCUT2D eigenvalue weighted by Crippen LogP contribution is -2.60. The molecule has 4 N–H and O–H groups in total. The molecule has 0 radical (unpaired) electrons. The Hall–Kier alpha value is 0.160. The van der Waals surface area contributed by atoms with Gasteiger partial charge in [0.15, 0.2) is 6.23 Å². The largest absolute Gasteiger partial charge is 0.388 e. The van der Waals surface area contributed by atoms with Gasteiger partial charge in [0.25, 0.3) is 0 Å². The van der Waals surface area contributed by atoms with Gasteiger partial charge in [0.05, 0.1) is 39.1 Å². The zero-order valence-corrected chi connectivity index (χ0v) is 13.6. The van der Waals surface area contributed by atoms with Gasteiger partial charge in [0.1, 0.15) is 18.3 Å². The topological polar surface area (TPSA) is 110 Å². The van der Waals surface area contributed by atoms with E-state index in [1.54, 1.807) is 6.92 Å². The maximum absolute atomic E-state index is 9.72. The first-order chi connectivity index (χ1) is 10.1. The minimum absolute atomic E-state index is 0.248. The Balaban J connectivity index is 2.04. The number of rotatable bonds is 10. The molecular weight excluding hydrogens is 350 g/mol. The summed E-state index contributed by atoms with van der Waals surface area (Å²) in [6.07, 6.45) is -5.18. The molecule has 3 unspecified atom stereocenters. The first-order valence-corrected chi connectivity index (χ1v) is 7.98. The van der Waals surface area contributed by atoms with Crippen molar-refractivity contribution in [2.45, 2.75) is 37.6 Å². The molecule has 126 valence electrons. The summed E-state index contributed by atoms with van der Waals surface area (Å²) < 4.78 is 15.7. The second kappa shape index (κ2) is 10.8. The van der Waals surface area contributed by atoms with Crippen molar-refractivity contribution in [3.8, 4) is 0 Å². The predicted molar refractivity (Wildman–Crippen MR) is 76.9 cm³/mol. The zero-order valence-electron chi connectivity index (χ0n) is 12.0. The van der Waals surface area contributed by atoms with Gasteiger partial charge in [-0.05, 0) is 6.92 Å². The third-order valence-electron chi connectivity index (χ3n) is 2.97. The summed E-state index contributed by atoms with van der Waals surface area (Å²) in [5.41, 5.74) is 2.50. The minimum Gasteiger partial charge on any atom is -0.388 e. The van der Waals surface area contributed by atoms with E-state index >= 15 is 0 Å². The molecule has 21 heavy (non-hydrogen) atoms. The second-order valence-corrected chi connectivity index (χ2v) is 5.41. The molecule has 0 aromatic carbocycles. The van der Waals surface area contributed by atoms with E-state index in [4.69, 9.17) is 19.0 Å². The molecule has 1 aliphatic rings. The maximum atomic E-state index is 9.72. The van der Waals surface area contributed by atoms with Crippen LogP contribution in [0.1, 0.15) is 6.92 Å². The number of hydroxylamine groups is 1. The summed E-state index contributed by atoms with van der Waals surface area (Å²) >= 11 is 3.25. The average Bonchev–Trinajstić information content (AvgIpc) is 2.48. The number of hydrogen-bond donors (Lipinski definition) is 4. The molecule has 1 fully saturated rings. The van der Waals surface area contributed by atoms with Crippen molar-refractivity contribution in [2.75, 3.05) is 38.4 Å². The van der Waals surface area contributed by atoms with Crippen molar-refractivity contribution < 1.29 is 34.4 Å². The van der Waals surface area contributed by atoms with Gasteiger partial charge in [-0.2, -0.15) is 5.48 Å². The van der Waals surface area contributed by atoms with Crippen LogP contribution in [0.15, 0.2) is 0 Å². The first-order valence-electron chi connectivity index (χ1n) is 6.86. The Morgan fingerprint density at radius 3 is 2.24 bits per heavy atom. The standard InChI is InChI=1S/C12H24BrNO7/c1-8-9(15)10(16)11(17)12(21-8)14-20-7-6-19-5-4-18-3-2-13/h8-12,14-17H,2-7H2,1H3/t8?,9-,10?,11?,12-/m1/s1. The van der Waals surface area contributed by atoms with Crippen molar-refractivity contribution in [2.24, 2.45) is 0 Å². The fourth-order valence-electron chi connectivity index (χ4n) is 1.77. The summed E-state index contributed by atoms with van der Waals surface area (Å²) in [6.45, 7) is 3.84. The highest BCUT2D eigenvalue weighted by Crippen LogP contribution is 2.19. The van der Waals surface area contributed by atoms with E-state index < -0.39 is 30.6 Å². The van der Waals surface area contributed by atoms with Crippen LogP contribution in [-0.2, 0) is 19.0 Å². The van der Waals surface area contributed by atoms with Gasteiger partial charge < -0.3 is 29.5 Å². The van der Waals surface area contributed by atoms with Crippen LogP contribution in [0.5, 0.6) is 0 Å². The van der Waals surface area contributed by atoms with Crippen molar-refractivity contribution >= 4 is 15.9 Å². The number of nitrogens with one attached hydrogen (secondary N) is 1. The molecule has 0 amide bonds. The van der Waals surface area contributed by atoms with Crippen LogP contribution in [0.2, 0.25) is 0 Å². The fourth-order valence-corrected chi connectivity index (χ4v) is 2.00. The molecule has 1 heterocycles. The Bertz CT molecular complexity index is 274. The zero-order chi connectivity index (χ0) is 15.7. The molecule has 1 aliphatic heterocycles. The number of aliphatic hydroxyl groups excluding tert-OH is 3. The molecule has 8 nitrogen and oxygen atoms in total. The van der Waals surface area contributed by atoms with Crippen LogP contribution in [0.25, 0.3) is 0 Å². The van der Waals surface area contributed by atoms with Gasteiger partial charge in [-0.15, -0.1) is 0 Å². The van der Waals surface area contributed by atoms with Gasteiger partial charge in [0, 0.05) is 5.33 Å². The highest BCUT2D eigenvalue weighted by Gasteiger charge is 2.41. The van der Waals surface area contributed by atoms with Gasteiger partial charge >= 0.3 is 0 Å². The van der Waals surface area contributed by atoms with Gasteiger partial charge in [-0.3, -0.25) is 4.84 Å². The van der Waals surface area contributed by atoms with E-state index in [2.05, 4.69) is 21.4 Å². The summed E-state index contributed by atoms with van der Waals surface area (Å²) in [5.74, 6) is 0. The number of halogens is 1. The maximum Gasteiger partial charge on any atom is 0.159 e. The monoisotopic (exact) mass is 373 g/mol. The Morgan fingerprint density at radius 1 is 0.952 bits per heavy atom. The van der Waals surface area contributed by atoms with Crippen molar-refractivity contribution in [1.82, 2.24) is 5.48 Å². The van der Waals surface area contributed by atoms with Crippen molar-refractivity contribution in [3.05, 3.63) is 0 Å². The lowest BCUT2D eigenvalue weighted by atomic mass is 9.99. The van der Waals surface area contributed by atoms with Gasteiger partial charge in [0.2, 0.25) is 0 Å².